The Hall–Kier alpha value is 20.4. The molecule has 0 aliphatic carbocycles. The van der Waals surface area contributed by atoms with Crippen molar-refractivity contribution in [2.24, 2.45) is 0 Å². The van der Waals surface area contributed by atoms with Crippen molar-refractivity contribution < 1.29 is 120 Å². The van der Waals surface area contributed by atoms with Crippen molar-refractivity contribution in [2.75, 3.05) is 0 Å². The van der Waals surface area contributed by atoms with Gasteiger partial charge in [-0.05, 0) is 0 Å². The Balaban J connectivity index is -0.00000000239. The maximum absolute atomic E-state index is 8.70. The molecule has 0 aromatic heterocycles. The fourth-order valence-electron chi connectivity index (χ4n) is 0. The van der Waals surface area contributed by atoms with Crippen molar-refractivity contribution in [3.05, 3.63) is 0 Å². The molecule has 1 radical (unpaired) electrons. The average Bonchev–Trinajstić information content (AvgIpc) is 2.91. The predicted octanol–water partition coefficient (Wildman–Crippen LogP) is -20.1. The third kappa shape index (κ3) is 468. The van der Waals surface area contributed by atoms with Gasteiger partial charge in [0.1, 0.15) is 0 Å². The molecular formula is C5H37Na22O17. The van der Waals surface area contributed by atoms with E-state index in [1.807, 2.05) is 0 Å². The van der Waals surface area contributed by atoms with Crippen LogP contribution in [0.15, 0.2) is 0 Å². The van der Waals surface area contributed by atoms with E-state index in [9.17, 15) is 0 Å². The summed E-state index contributed by atoms with van der Waals surface area (Å²) in [6.45, 7) is -0.250. The number of rotatable bonds is 2. The molecule has 0 aromatic carbocycles. The summed E-state index contributed by atoms with van der Waals surface area (Å²) in [5.41, 5.74) is 0. The maximum atomic E-state index is 8.70. The topological polar surface area (TPSA) is 442 Å². The van der Waals surface area contributed by atoms with Gasteiger partial charge in [-0.15, -0.1) is 0 Å². The van der Waals surface area contributed by atoms with Gasteiger partial charge in [-0.3, -0.25) is 9.59 Å². The molecule has 0 aromatic rings. The Labute approximate surface area is 597 Å². The van der Waals surface area contributed by atoms with Crippen LogP contribution in [0.4, 0.5) is 0 Å². The number of carbonyl (C=O) groups is 2. The second-order valence-corrected chi connectivity index (χ2v) is 0.394. The molecule has 0 bridgehead atoms. The molecule has 17 nitrogen and oxygen atoms in total. The minimum absolute atomic E-state index is 0. The molecule has 23 N–H and O–H groups in total. The van der Waals surface area contributed by atoms with Gasteiger partial charge in [0, 0.05) is 29.6 Å². The molecule has 0 aliphatic heterocycles. The zero-order valence-electron chi connectivity index (χ0n) is 31.1. The Morgan fingerprint density at radius 2 is 0.432 bits per heavy atom. The van der Waals surface area contributed by atoms with Crippen LogP contribution >= 0.6 is 0 Å². The molecule has 181 valence electrons. The summed E-state index contributed by atoms with van der Waals surface area (Å²) < 4.78 is 0. The van der Waals surface area contributed by atoms with Crippen LogP contribution < -0.4 is 34.8 Å². The molecular weight excluding hydrogens is 838 g/mol. The summed E-state index contributed by atoms with van der Waals surface area (Å²) in [5.74, 6) is 0. The van der Waals surface area contributed by atoms with Crippen LogP contribution in [-0.2, 0) is 19.4 Å². The van der Waals surface area contributed by atoms with E-state index in [2.05, 4.69) is 9.78 Å². The molecule has 0 rings (SSSR count). The summed E-state index contributed by atoms with van der Waals surface area (Å²) >= 11 is 28.9. The molecule has 0 saturated heterocycles. The normalized spacial score (nSPS) is 2.77. The van der Waals surface area contributed by atoms with Gasteiger partial charge in [0.2, 0.25) is 0 Å². The Bertz CT molecular complexity index is 97.0. The van der Waals surface area contributed by atoms with Gasteiger partial charge < -0.3 is 75.3 Å². The Morgan fingerprint density at radius 1 is 0.386 bits per heavy atom. The van der Waals surface area contributed by atoms with Crippen LogP contribution in [-0.4, -0.2) is 544 Å². The zero-order chi connectivity index (χ0) is 26.8. The van der Waals surface area contributed by atoms with Gasteiger partial charge in [-0.2, -0.15) is 0 Å². The summed E-state index contributed by atoms with van der Waals surface area (Å²) in [7, 11) is 0. The molecule has 0 heterocycles. The fraction of sp³-hybridized carbons (Fsp3) is 0.600. The Morgan fingerprint density at radius 3 is 0.432 bits per heavy atom. The molecule has 0 fully saturated rings. The molecule has 39 heteroatoms. The molecule has 0 spiro atoms. The van der Waals surface area contributed by atoms with Gasteiger partial charge >= 0.3 is 472 Å². The molecule has 0 amide bonds. The van der Waals surface area contributed by atoms with Crippen LogP contribution in [0.1, 0.15) is 22.3 Å². The first-order valence-electron chi connectivity index (χ1n) is 11.3. The molecule has 0 saturated carbocycles. The average molecular weight is 875 g/mol. The van der Waals surface area contributed by atoms with E-state index in [-0.39, 0.29) is 155 Å². The zero-order valence-corrected chi connectivity index (χ0v) is 75.1. The van der Waals surface area contributed by atoms with E-state index in [0.29, 0.717) is 0 Å². The van der Waals surface area contributed by atoms with Gasteiger partial charge in [0.25, 0.3) is 6.47 Å². The van der Waals surface area contributed by atoms with Crippen LogP contribution in [0.3, 0.4) is 0 Å². The second kappa shape index (κ2) is 414. The number of carbonyl (C=O) groups excluding carboxylic acids is 2. The van der Waals surface area contributed by atoms with Crippen molar-refractivity contribution in [3.8, 4) is 0 Å². The van der Waals surface area contributed by atoms with Crippen LogP contribution in [0.2, 0.25) is 0 Å². The monoisotopic (exact) mass is 875 g/mol. The van der Waals surface area contributed by atoms with Gasteiger partial charge in [-0.25, -0.2) is 5.26 Å². The minimum atomic E-state index is -0.181. The van der Waals surface area contributed by atoms with Crippen molar-refractivity contribution in [1.29, 1.82) is 0 Å². The summed E-state index contributed by atoms with van der Waals surface area (Å²) in [6, 6.07) is 0. The van der Waals surface area contributed by atoms with E-state index in [1.165, 1.54) is 436 Å². The van der Waals surface area contributed by atoms with E-state index in [4.69, 9.17) is 20.1 Å². The van der Waals surface area contributed by atoms with E-state index >= 15 is 0 Å². The molecule has 0 unspecified atom stereocenters. The first-order chi connectivity index (χ1) is 13.8. The second-order valence-electron chi connectivity index (χ2n) is 0.394. The van der Waals surface area contributed by atoms with Gasteiger partial charge in [-0.1, -0.05) is 22.3 Å². The van der Waals surface area contributed by atoms with Crippen molar-refractivity contribution in [1.82, 2.24) is 0 Å². The summed E-state index contributed by atoms with van der Waals surface area (Å²) in [4.78, 5) is 22.8. The van der Waals surface area contributed by atoms with Crippen LogP contribution in [0.5, 0.6) is 0 Å². The summed E-state index contributed by atoms with van der Waals surface area (Å²) in [5, 5.41) is 15.4. The third-order valence-corrected chi connectivity index (χ3v) is 0.0823. The molecule has 0 atom stereocenters. The van der Waals surface area contributed by atoms with E-state index < -0.39 is 0 Å². The van der Waals surface area contributed by atoms with Crippen LogP contribution in [0, 0.1) is 0 Å². The fourth-order valence-corrected chi connectivity index (χ4v) is 0. The van der Waals surface area contributed by atoms with Crippen molar-refractivity contribution in [3.63, 3.8) is 0 Å². The molecule has 44 heavy (non-hydrogen) atoms. The van der Waals surface area contributed by atoms with Gasteiger partial charge in [0.05, 0.1) is 0 Å². The van der Waals surface area contributed by atoms with Crippen LogP contribution in [0.25, 0.3) is 0 Å². The number of hydrogen-bond donors (Lipinski definition) is 1. The molecule has 0 aliphatic rings. The van der Waals surface area contributed by atoms with Crippen molar-refractivity contribution in [2.45, 2.75) is 22.3 Å². The van der Waals surface area contributed by atoms with Crippen molar-refractivity contribution >= 4 is 479 Å². The van der Waals surface area contributed by atoms with E-state index in [0.717, 1.165) is 0 Å². The quantitative estimate of drug-likeness (QED) is 0.121. The standard InChI is InChI=1S/2CH2O3.3CH4.22Na.11H2O/c2*2-1-4-3;;;;;;;;;;;;;;;;;;;;;;;;;;;;;;;;;;;;/h2*1,3H;3*1H4;;;;;;;;;;;;;;;;;;;;;;;11*1H2/q;;;;;;;;;;;;;;;;;;;;;;;;;;+1;;;;;;;;;;;/p-1. The number of hydrogen-bond acceptors (Lipinski definition) is 6. The third-order valence-electron chi connectivity index (χ3n) is 0.0823. The first kappa shape index (κ1) is 195. The predicted molar refractivity (Wildman–Crippen MR) is 198 cm³/mol. The SMILES string of the molecule is C.C.C.O.O.O.O.O.O.O.O.O.O.O.O=COO.O=CO[O-].[Na+].[Na].[Na][Na].[Na][Na].[Na][Na].[Na][Na].[Na][Na].[Na][Na].[Na][Na].[Na][Na].[Na][Na].[Na][Na]. The Kier molecular flexibility index (Phi) is 1840. The summed E-state index contributed by atoms with van der Waals surface area (Å²) in [6.07, 6.45) is 0. The first-order valence-corrected chi connectivity index (χ1v) is 91.3. The van der Waals surface area contributed by atoms with E-state index in [1.54, 1.807) is 0 Å². The van der Waals surface area contributed by atoms with Gasteiger partial charge in [0.15, 0.2) is 0 Å².